The van der Waals surface area contributed by atoms with Gasteiger partial charge in [-0.2, -0.15) is 0 Å². The van der Waals surface area contributed by atoms with Crippen molar-refractivity contribution < 1.29 is 59.1 Å². The molecular weight excluding hydrogens is 544 g/mol. The molecule has 1 saturated heterocycles. The van der Waals surface area contributed by atoms with Crippen LogP contribution in [0, 0.1) is 0 Å². The van der Waals surface area contributed by atoms with E-state index in [0.717, 1.165) is 5.56 Å². The molecule has 1 aromatic rings. The van der Waals surface area contributed by atoms with Gasteiger partial charge >= 0.3 is 0 Å². The molecule has 0 aromatic heterocycles. The molecule has 0 spiro atoms. The molecule has 1 aliphatic heterocycles. The smallest absolute Gasteiger partial charge is 0.251 e. The van der Waals surface area contributed by atoms with E-state index in [0.29, 0.717) is 49.7 Å². The SMILES string of the molecule is CCOC1=C(NCCc2ccc(C(=O)NCCOCCOCCOC3O[C@H](CO)[C@@H](O)[C@H](O)[C@@H]3O)cc2)C(O)C1O. The third-order valence-electron chi connectivity index (χ3n) is 6.64. The van der Waals surface area contributed by atoms with Crippen molar-refractivity contribution in [2.45, 2.75) is 56.3 Å². The van der Waals surface area contributed by atoms with Gasteiger partial charge in [-0.1, -0.05) is 12.1 Å². The van der Waals surface area contributed by atoms with E-state index in [1.807, 2.05) is 19.1 Å². The van der Waals surface area contributed by atoms with Gasteiger partial charge in [-0.25, -0.2) is 0 Å². The Morgan fingerprint density at radius 1 is 0.878 bits per heavy atom. The Morgan fingerprint density at radius 2 is 1.56 bits per heavy atom. The van der Waals surface area contributed by atoms with Gasteiger partial charge < -0.3 is 65.0 Å². The normalized spacial score (nSPS) is 27.8. The Morgan fingerprint density at radius 3 is 2.24 bits per heavy atom. The first-order valence-electron chi connectivity index (χ1n) is 13.7. The summed E-state index contributed by atoms with van der Waals surface area (Å²) in [6.07, 6.45) is -7.91. The van der Waals surface area contributed by atoms with Crippen molar-refractivity contribution in [2.75, 3.05) is 59.3 Å². The molecule has 8 N–H and O–H groups in total. The van der Waals surface area contributed by atoms with Gasteiger partial charge in [0.15, 0.2) is 6.29 Å². The standard InChI is InChI=1S/C27H42N2O12/c1-2-39-25-19(21(32)23(25)34)28-8-7-16-3-5-17(6-4-16)26(36)29-9-10-37-11-12-38-13-14-40-27-24(35)22(33)20(31)18(15-30)41-27/h3-6,18,20-24,27-28,30-35H,2,7-15H2,1H3,(H,29,36)/t18-,20-,21?,22+,23?,24+,27?/m1/s1. The van der Waals surface area contributed by atoms with Crippen molar-refractivity contribution >= 4 is 5.91 Å². The van der Waals surface area contributed by atoms with Crippen LogP contribution in [0.5, 0.6) is 0 Å². The quantitative estimate of drug-likeness (QED) is 0.0830. The highest BCUT2D eigenvalue weighted by Gasteiger charge is 2.44. The molecule has 41 heavy (non-hydrogen) atoms. The van der Waals surface area contributed by atoms with Gasteiger partial charge in [0.25, 0.3) is 5.91 Å². The van der Waals surface area contributed by atoms with E-state index in [2.05, 4.69) is 10.6 Å². The zero-order valence-corrected chi connectivity index (χ0v) is 23.1. The average Bonchev–Trinajstić information content (AvgIpc) is 2.99. The lowest BCUT2D eigenvalue weighted by Crippen LogP contribution is -2.59. The lowest BCUT2D eigenvalue weighted by atomic mass is 9.95. The monoisotopic (exact) mass is 586 g/mol. The van der Waals surface area contributed by atoms with E-state index in [4.69, 9.17) is 23.7 Å². The summed E-state index contributed by atoms with van der Waals surface area (Å²) in [5.41, 5.74) is 2.03. The fraction of sp³-hybridized carbons (Fsp3) is 0.667. The highest BCUT2D eigenvalue weighted by atomic mass is 16.7. The minimum atomic E-state index is -1.49. The van der Waals surface area contributed by atoms with Gasteiger partial charge in [0.2, 0.25) is 0 Å². The maximum atomic E-state index is 12.3. The first-order chi connectivity index (χ1) is 19.8. The summed E-state index contributed by atoms with van der Waals surface area (Å²) in [6.45, 7) is 3.60. The molecule has 1 fully saturated rings. The second kappa shape index (κ2) is 16.9. The molecule has 1 aliphatic carbocycles. The van der Waals surface area contributed by atoms with Crippen molar-refractivity contribution in [3.8, 4) is 0 Å². The fourth-order valence-electron chi connectivity index (χ4n) is 4.27. The minimum absolute atomic E-state index is 0.0498. The summed E-state index contributed by atoms with van der Waals surface area (Å²) in [5.74, 6) is 0.154. The van der Waals surface area contributed by atoms with Crippen molar-refractivity contribution in [1.82, 2.24) is 10.6 Å². The van der Waals surface area contributed by atoms with Gasteiger partial charge in [-0.05, 0) is 31.0 Å². The lowest BCUT2D eigenvalue weighted by Gasteiger charge is -2.39. The fourth-order valence-corrected chi connectivity index (χ4v) is 4.27. The zero-order chi connectivity index (χ0) is 29.8. The van der Waals surface area contributed by atoms with Crippen molar-refractivity contribution in [1.29, 1.82) is 0 Å². The number of nitrogens with one attached hydrogen (secondary N) is 2. The van der Waals surface area contributed by atoms with E-state index in [-0.39, 0.29) is 32.3 Å². The number of hydrogen-bond donors (Lipinski definition) is 8. The van der Waals surface area contributed by atoms with E-state index in [1.54, 1.807) is 12.1 Å². The zero-order valence-electron chi connectivity index (χ0n) is 23.1. The number of rotatable bonds is 18. The van der Waals surface area contributed by atoms with E-state index >= 15 is 0 Å². The Bertz CT molecular complexity index is 960. The van der Waals surface area contributed by atoms with Crippen LogP contribution in [0.3, 0.4) is 0 Å². The number of aliphatic hydroxyl groups is 6. The van der Waals surface area contributed by atoms with E-state index in [9.17, 15) is 35.4 Å². The van der Waals surface area contributed by atoms with Crippen LogP contribution >= 0.6 is 0 Å². The van der Waals surface area contributed by atoms with E-state index in [1.165, 1.54) is 0 Å². The molecule has 2 aliphatic rings. The van der Waals surface area contributed by atoms with Crippen LogP contribution in [0.1, 0.15) is 22.8 Å². The highest BCUT2D eigenvalue weighted by Crippen LogP contribution is 2.28. The first kappa shape index (κ1) is 33.1. The molecule has 14 nitrogen and oxygen atoms in total. The number of amides is 1. The van der Waals surface area contributed by atoms with Crippen LogP contribution < -0.4 is 10.6 Å². The number of carbonyl (C=O) groups excluding carboxylic acids is 1. The Labute approximate surface area is 238 Å². The summed E-state index contributed by atoms with van der Waals surface area (Å²) in [5, 5.41) is 64.1. The van der Waals surface area contributed by atoms with Gasteiger partial charge in [0, 0.05) is 18.7 Å². The van der Waals surface area contributed by atoms with Gasteiger partial charge in [0.1, 0.15) is 42.4 Å². The maximum Gasteiger partial charge on any atom is 0.251 e. The summed E-state index contributed by atoms with van der Waals surface area (Å²) < 4.78 is 26.7. The summed E-state index contributed by atoms with van der Waals surface area (Å²) in [7, 11) is 0. The third kappa shape index (κ3) is 9.31. The second-order valence-electron chi connectivity index (χ2n) is 9.52. The van der Waals surface area contributed by atoms with Crippen LogP contribution in [-0.4, -0.2) is 139 Å². The summed E-state index contributed by atoms with van der Waals surface area (Å²) in [4.78, 5) is 12.3. The molecule has 1 aromatic carbocycles. The Balaban J connectivity index is 1.21. The molecule has 1 amide bonds. The molecule has 3 unspecified atom stereocenters. The largest absolute Gasteiger partial charge is 0.493 e. The Kier molecular flexibility index (Phi) is 13.7. The van der Waals surface area contributed by atoms with Crippen LogP contribution in [0.25, 0.3) is 0 Å². The molecule has 14 heteroatoms. The van der Waals surface area contributed by atoms with Crippen LogP contribution in [0.15, 0.2) is 35.7 Å². The molecule has 0 radical (unpaired) electrons. The molecule has 1 heterocycles. The molecule has 0 saturated carbocycles. The molecule has 3 rings (SSSR count). The molecule has 232 valence electrons. The number of aliphatic hydroxyl groups excluding tert-OH is 6. The summed E-state index contributed by atoms with van der Waals surface area (Å²) in [6, 6.07) is 7.18. The summed E-state index contributed by atoms with van der Waals surface area (Å²) >= 11 is 0. The average molecular weight is 587 g/mol. The van der Waals surface area contributed by atoms with Gasteiger partial charge in [-0.15, -0.1) is 0 Å². The molecular formula is C27H42N2O12. The number of ether oxygens (including phenoxy) is 5. The third-order valence-corrected chi connectivity index (χ3v) is 6.64. The predicted molar refractivity (Wildman–Crippen MR) is 143 cm³/mol. The predicted octanol–water partition coefficient (Wildman–Crippen LogP) is -2.62. The van der Waals surface area contributed by atoms with Crippen molar-refractivity contribution in [3.63, 3.8) is 0 Å². The molecule has 7 atom stereocenters. The van der Waals surface area contributed by atoms with Crippen LogP contribution in [0.2, 0.25) is 0 Å². The minimum Gasteiger partial charge on any atom is -0.493 e. The number of carbonyl (C=O) groups is 1. The van der Waals surface area contributed by atoms with Crippen molar-refractivity contribution in [2.24, 2.45) is 0 Å². The van der Waals surface area contributed by atoms with Crippen LogP contribution in [0.4, 0.5) is 0 Å². The maximum absolute atomic E-state index is 12.3. The van der Waals surface area contributed by atoms with E-state index < -0.39 is 49.5 Å². The van der Waals surface area contributed by atoms with Crippen molar-refractivity contribution in [3.05, 3.63) is 46.8 Å². The number of benzene rings is 1. The molecule has 0 bridgehead atoms. The number of hydrogen-bond acceptors (Lipinski definition) is 13. The topological polar surface area (TPSA) is 209 Å². The highest BCUT2D eigenvalue weighted by molar-refractivity contribution is 5.94. The lowest BCUT2D eigenvalue weighted by molar-refractivity contribution is -0.302. The van der Waals surface area contributed by atoms with Crippen LogP contribution in [-0.2, 0) is 30.1 Å². The van der Waals surface area contributed by atoms with Gasteiger partial charge in [0.05, 0.1) is 51.9 Å². The van der Waals surface area contributed by atoms with Gasteiger partial charge in [-0.3, -0.25) is 4.79 Å². The first-order valence-corrected chi connectivity index (χ1v) is 13.7. The second-order valence-corrected chi connectivity index (χ2v) is 9.52. The Hall–Kier alpha value is -2.37.